The van der Waals surface area contributed by atoms with E-state index < -0.39 is 0 Å². The van der Waals surface area contributed by atoms with E-state index in [1.54, 1.807) is 12.4 Å². The van der Waals surface area contributed by atoms with Crippen LogP contribution in [0, 0.1) is 0 Å². The maximum absolute atomic E-state index is 12.6. The summed E-state index contributed by atoms with van der Waals surface area (Å²) in [5.41, 5.74) is 2.88. The molecule has 1 amide bonds. The molecule has 0 saturated heterocycles. The molecular formula is C22H27N5O. The van der Waals surface area contributed by atoms with Gasteiger partial charge in [-0.3, -0.25) is 9.78 Å². The van der Waals surface area contributed by atoms with Crippen LogP contribution in [0.1, 0.15) is 42.6 Å². The van der Waals surface area contributed by atoms with Crippen LogP contribution in [0.15, 0.2) is 48.9 Å². The van der Waals surface area contributed by atoms with Gasteiger partial charge in [0, 0.05) is 43.3 Å². The fraction of sp³-hybridized carbons (Fsp3) is 0.409. The van der Waals surface area contributed by atoms with Gasteiger partial charge in [-0.05, 0) is 19.9 Å². The Morgan fingerprint density at radius 1 is 1.21 bits per heavy atom. The Balaban J connectivity index is 1.42. The predicted molar refractivity (Wildman–Crippen MR) is 110 cm³/mol. The van der Waals surface area contributed by atoms with Gasteiger partial charge < -0.3 is 14.6 Å². The minimum atomic E-state index is -0.139. The Labute approximate surface area is 165 Å². The third kappa shape index (κ3) is 4.07. The Morgan fingerprint density at radius 3 is 2.79 bits per heavy atom. The maximum atomic E-state index is 12.6. The molecule has 0 atom stereocenters. The normalized spacial score (nSPS) is 15.2. The van der Waals surface area contributed by atoms with E-state index in [1.165, 1.54) is 32.1 Å². The first-order valence-corrected chi connectivity index (χ1v) is 10.1. The van der Waals surface area contributed by atoms with Crippen molar-refractivity contribution in [2.75, 3.05) is 20.1 Å². The highest BCUT2D eigenvalue weighted by Gasteiger charge is 2.18. The second-order valence-corrected chi connectivity index (χ2v) is 7.53. The minimum Gasteiger partial charge on any atom is -0.349 e. The van der Waals surface area contributed by atoms with Crippen molar-refractivity contribution in [2.45, 2.75) is 38.1 Å². The number of nitrogens with one attached hydrogen (secondary N) is 1. The highest BCUT2D eigenvalue weighted by atomic mass is 16.1. The van der Waals surface area contributed by atoms with Gasteiger partial charge in [0.05, 0.1) is 0 Å². The summed E-state index contributed by atoms with van der Waals surface area (Å²) in [6.45, 7) is 1.49. The lowest BCUT2D eigenvalue weighted by molar-refractivity contribution is 0.0940. The first-order valence-electron chi connectivity index (χ1n) is 10.1. The fourth-order valence-electron chi connectivity index (χ4n) is 3.97. The highest BCUT2D eigenvalue weighted by molar-refractivity contribution is 5.93. The summed E-state index contributed by atoms with van der Waals surface area (Å²) >= 11 is 0. The van der Waals surface area contributed by atoms with Crippen LogP contribution in [-0.2, 0) is 0 Å². The van der Waals surface area contributed by atoms with Crippen LogP contribution in [0.25, 0.3) is 16.9 Å². The van der Waals surface area contributed by atoms with Gasteiger partial charge in [0.2, 0.25) is 0 Å². The number of hydrogen-bond acceptors (Lipinski definition) is 4. The quantitative estimate of drug-likeness (QED) is 0.715. The van der Waals surface area contributed by atoms with Gasteiger partial charge in [-0.25, -0.2) is 4.98 Å². The van der Waals surface area contributed by atoms with Crippen molar-refractivity contribution in [1.29, 1.82) is 0 Å². The van der Waals surface area contributed by atoms with Crippen LogP contribution in [0.4, 0.5) is 0 Å². The topological polar surface area (TPSA) is 62.5 Å². The largest absolute Gasteiger partial charge is 0.349 e. The molecule has 0 unspecified atom stereocenters. The molecule has 6 nitrogen and oxygen atoms in total. The second kappa shape index (κ2) is 8.52. The van der Waals surface area contributed by atoms with Crippen LogP contribution < -0.4 is 5.32 Å². The number of hydrogen-bond donors (Lipinski definition) is 1. The fourth-order valence-corrected chi connectivity index (χ4v) is 3.97. The average Bonchev–Trinajstić information content (AvgIpc) is 3.19. The van der Waals surface area contributed by atoms with E-state index in [0.717, 1.165) is 17.8 Å². The molecule has 1 fully saturated rings. The lowest BCUT2D eigenvalue weighted by Gasteiger charge is -2.31. The van der Waals surface area contributed by atoms with Crippen LogP contribution in [0.3, 0.4) is 0 Å². The summed E-state index contributed by atoms with van der Waals surface area (Å²) in [4.78, 5) is 24.0. The summed E-state index contributed by atoms with van der Waals surface area (Å²) in [5, 5.41) is 3.01. The third-order valence-corrected chi connectivity index (χ3v) is 5.60. The minimum absolute atomic E-state index is 0.139. The van der Waals surface area contributed by atoms with Crippen LogP contribution in [0.5, 0.6) is 0 Å². The van der Waals surface area contributed by atoms with Gasteiger partial charge in [-0.15, -0.1) is 0 Å². The monoisotopic (exact) mass is 377 g/mol. The molecule has 1 aliphatic carbocycles. The van der Waals surface area contributed by atoms with E-state index in [1.807, 2.05) is 40.9 Å². The summed E-state index contributed by atoms with van der Waals surface area (Å²) < 4.78 is 1.86. The molecule has 0 aliphatic heterocycles. The first-order chi connectivity index (χ1) is 13.7. The van der Waals surface area contributed by atoms with Gasteiger partial charge in [0.15, 0.2) is 5.65 Å². The molecule has 2 aromatic heterocycles. The molecule has 0 bridgehead atoms. The number of rotatable bonds is 6. The van der Waals surface area contributed by atoms with Crippen molar-refractivity contribution in [1.82, 2.24) is 24.6 Å². The van der Waals surface area contributed by atoms with Crippen LogP contribution >= 0.6 is 0 Å². The van der Waals surface area contributed by atoms with Crippen molar-refractivity contribution in [3.05, 3.63) is 54.6 Å². The molecule has 4 rings (SSSR count). The molecule has 1 N–H and O–H groups in total. The molecule has 1 aromatic carbocycles. The molecular weight excluding hydrogens is 350 g/mol. The number of benzene rings is 1. The summed E-state index contributed by atoms with van der Waals surface area (Å²) in [6, 6.07) is 10.6. The lowest BCUT2D eigenvalue weighted by Crippen LogP contribution is -2.39. The smallest absolute Gasteiger partial charge is 0.271 e. The zero-order valence-corrected chi connectivity index (χ0v) is 16.3. The number of fused-ring (bicyclic) bond motifs is 1. The van der Waals surface area contributed by atoms with E-state index in [-0.39, 0.29) is 5.91 Å². The van der Waals surface area contributed by atoms with Crippen molar-refractivity contribution >= 4 is 11.6 Å². The SMILES string of the molecule is CN(CCNC(=O)c1cn2ccnc(-c3ccccc3)c2n1)C1CCCCC1. The van der Waals surface area contributed by atoms with Gasteiger partial charge in [-0.2, -0.15) is 0 Å². The molecule has 2 heterocycles. The molecule has 146 valence electrons. The Hall–Kier alpha value is -2.73. The van der Waals surface area contributed by atoms with E-state index in [4.69, 9.17) is 0 Å². The number of amides is 1. The van der Waals surface area contributed by atoms with E-state index in [0.29, 0.717) is 23.9 Å². The second-order valence-electron chi connectivity index (χ2n) is 7.53. The molecule has 28 heavy (non-hydrogen) atoms. The molecule has 6 heteroatoms. The van der Waals surface area contributed by atoms with Gasteiger partial charge in [-0.1, -0.05) is 49.6 Å². The summed E-state index contributed by atoms with van der Waals surface area (Å²) in [6.07, 6.45) is 11.9. The Kier molecular flexibility index (Phi) is 5.67. The predicted octanol–water partition coefficient (Wildman–Crippen LogP) is 3.39. The molecule has 0 spiro atoms. The number of nitrogens with zero attached hydrogens (tertiary/aromatic N) is 4. The molecule has 0 radical (unpaired) electrons. The zero-order chi connectivity index (χ0) is 19.3. The van der Waals surface area contributed by atoms with Gasteiger partial charge in [0.1, 0.15) is 11.4 Å². The van der Waals surface area contributed by atoms with Crippen molar-refractivity contribution in [2.24, 2.45) is 0 Å². The highest BCUT2D eigenvalue weighted by Crippen LogP contribution is 2.22. The van der Waals surface area contributed by atoms with Crippen LogP contribution in [0.2, 0.25) is 0 Å². The van der Waals surface area contributed by atoms with Crippen molar-refractivity contribution in [3.8, 4) is 11.3 Å². The summed E-state index contributed by atoms with van der Waals surface area (Å²) in [5.74, 6) is -0.139. The standard InChI is InChI=1S/C22H27N5O/c1-26(18-10-6-3-7-11-18)14-12-24-22(28)19-16-27-15-13-23-20(21(27)25-19)17-8-4-2-5-9-17/h2,4-5,8-9,13,15-16,18H,3,6-7,10-12,14H2,1H3,(H,24,28). The molecule has 3 aromatic rings. The Morgan fingerprint density at radius 2 is 2.00 bits per heavy atom. The van der Waals surface area contributed by atoms with E-state index >= 15 is 0 Å². The Bertz CT molecular complexity index is 931. The van der Waals surface area contributed by atoms with Crippen molar-refractivity contribution < 1.29 is 4.79 Å². The third-order valence-electron chi connectivity index (χ3n) is 5.60. The average molecular weight is 377 g/mol. The number of carbonyl (C=O) groups excluding carboxylic acids is 1. The number of aromatic nitrogens is 3. The molecule has 1 aliphatic rings. The maximum Gasteiger partial charge on any atom is 0.271 e. The van der Waals surface area contributed by atoms with Crippen molar-refractivity contribution in [3.63, 3.8) is 0 Å². The van der Waals surface area contributed by atoms with Crippen LogP contribution in [-0.4, -0.2) is 51.4 Å². The zero-order valence-electron chi connectivity index (χ0n) is 16.3. The van der Waals surface area contributed by atoms with E-state index in [9.17, 15) is 4.79 Å². The van der Waals surface area contributed by atoms with Gasteiger partial charge in [0.25, 0.3) is 5.91 Å². The first kappa shape index (κ1) is 18.6. The number of carbonyl (C=O) groups is 1. The lowest BCUT2D eigenvalue weighted by atomic mass is 9.94. The van der Waals surface area contributed by atoms with Gasteiger partial charge >= 0.3 is 0 Å². The van der Waals surface area contributed by atoms with E-state index in [2.05, 4.69) is 27.2 Å². The number of imidazole rings is 1. The molecule has 1 saturated carbocycles. The number of likely N-dealkylation sites (N-methyl/N-ethyl adjacent to an activating group) is 1. The summed E-state index contributed by atoms with van der Waals surface area (Å²) in [7, 11) is 2.16.